The van der Waals surface area contributed by atoms with E-state index in [0.717, 1.165) is 39.7 Å². The van der Waals surface area contributed by atoms with Crippen LogP contribution >= 0.6 is 0 Å². The van der Waals surface area contributed by atoms with E-state index in [9.17, 15) is 4.79 Å². The number of methoxy groups -OCH3 is 2. The number of ether oxygens (including phenoxy) is 2. The van der Waals surface area contributed by atoms with Crippen LogP contribution in [0.1, 0.15) is 18.1 Å². The number of β-lactam (4-membered cyclic amide) rings is 1. The number of hydrogen-bond donors (Lipinski definition) is 0. The second-order valence-electron chi connectivity index (χ2n) is 8.75. The second-order valence-corrected chi connectivity index (χ2v) is 8.75. The molecular weight excluding hydrogens is 448 g/mol. The summed E-state index contributed by atoms with van der Waals surface area (Å²) in [6.07, 6.45) is 0. The van der Waals surface area contributed by atoms with Crippen LogP contribution in [0.4, 0.5) is 11.4 Å². The Kier molecular flexibility index (Phi) is 6.30. The number of amides is 1. The number of nitrogens with zero attached hydrogens (tertiary/aromatic N) is 2. The van der Waals surface area contributed by atoms with Gasteiger partial charge in [0.25, 0.3) is 0 Å². The lowest BCUT2D eigenvalue weighted by Gasteiger charge is -2.57. The van der Waals surface area contributed by atoms with E-state index in [1.165, 1.54) is 0 Å². The first-order valence-electron chi connectivity index (χ1n) is 11.9. The van der Waals surface area contributed by atoms with Crippen LogP contribution in [0.2, 0.25) is 0 Å². The first-order chi connectivity index (χ1) is 17.6. The number of aliphatic imine (C=N–C) groups is 1. The van der Waals surface area contributed by atoms with Crippen LogP contribution in [-0.2, 0) is 10.3 Å². The molecule has 1 heterocycles. The third-order valence-electron chi connectivity index (χ3n) is 6.84. The first kappa shape index (κ1) is 23.4. The van der Waals surface area contributed by atoms with Crippen LogP contribution < -0.4 is 14.4 Å². The molecule has 0 saturated carbocycles. The fraction of sp³-hybridized carbons (Fsp3) is 0.161. The molecule has 0 N–H and O–H groups in total. The van der Waals surface area contributed by atoms with Crippen molar-refractivity contribution in [3.05, 3.63) is 120 Å². The molecule has 0 spiro atoms. The second kappa shape index (κ2) is 9.70. The third-order valence-corrected chi connectivity index (χ3v) is 6.84. The summed E-state index contributed by atoms with van der Waals surface area (Å²) in [6, 6.07) is 35.5. The summed E-state index contributed by atoms with van der Waals surface area (Å²) in [6.45, 7) is 1.99. The van der Waals surface area contributed by atoms with Gasteiger partial charge in [0.1, 0.15) is 17.0 Å². The Labute approximate surface area is 211 Å². The minimum atomic E-state index is -0.811. The summed E-state index contributed by atoms with van der Waals surface area (Å²) in [5.41, 5.74) is 3.53. The van der Waals surface area contributed by atoms with Gasteiger partial charge in [0.15, 0.2) is 0 Å². The lowest BCUT2D eigenvalue weighted by atomic mass is 9.64. The fourth-order valence-corrected chi connectivity index (χ4v) is 5.01. The third kappa shape index (κ3) is 3.83. The van der Waals surface area contributed by atoms with E-state index in [1.54, 1.807) is 14.2 Å². The van der Waals surface area contributed by atoms with E-state index in [0.29, 0.717) is 0 Å². The van der Waals surface area contributed by atoms with Gasteiger partial charge in [-0.1, -0.05) is 67.6 Å². The van der Waals surface area contributed by atoms with Crippen molar-refractivity contribution in [1.82, 2.24) is 0 Å². The molecule has 0 radical (unpaired) electrons. The standard InChI is InChI=1S/C31H28N2O3/c1-22-30(34)33(26-16-20-28(36-3)21-17-26)31(22,24-12-8-5-9-13-24)29(23-10-6-4-7-11-23)32-25-14-18-27(35-2)19-15-25/h4-22H,1-3H3/t22-,31-/m1/s1. The van der Waals surface area contributed by atoms with E-state index in [4.69, 9.17) is 14.5 Å². The highest BCUT2D eigenvalue weighted by atomic mass is 16.5. The normalized spacial score (nSPS) is 19.5. The van der Waals surface area contributed by atoms with Gasteiger partial charge in [0.05, 0.1) is 31.5 Å². The van der Waals surface area contributed by atoms with Gasteiger partial charge in [-0.15, -0.1) is 0 Å². The molecule has 1 fully saturated rings. The quantitative estimate of drug-likeness (QED) is 0.229. The highest BCUT2D eigenvalue weighted by Gasteiger charge is 2.62. The molecule has 0 unspecified atom stereocenters. The van der Waals surface area contributed by atoms with Crippen LogP contribution in [0.3, 0.4) is 0 Å². The monoisotopic (exact) mass is 476 g/mol. The van der Waals surface area contributed by atoms with Crippen molar-refractivity contribution in [2.45, 2.75) is 12.5 Å². The van der Waals surface area contributed by atoms with E-state index < -0.39 is 5.54 Å². The van der Waals surface area contributed by atoms with E-state index >= 15 is 0 Å². The molecule has 1 amide bonds. The van der Waals surface area contributed by atoms with Crippen molar-refractivity contribution < 1.29 is 14.3 Å². The average Bonchev–Trinajstić information content (AvgIpc) is 2.95. The van der Waals surface area contributed by atoms with Crippen molar-refractivity contribution in [1.29, 1.82) is 0 Å². The number of carbonyl (C=O) groups excluding carboxylic acids is 1. The Hall–Kier alpha value is -4.38. The minimum absolute atomic E-state index is 0.0439. The van der Waals surface area contributed by atoms with Crippen molar-refractivity contribution in [3.63, 3.8) is 0 Å². The van der Waals surface area contributed by atoms with Crippen LogP contribution in [0.5, 0.6) is 11.5 Å². The predicted molar refractivity (Wildman–Crippen MR) is 143 cm³/mol. The maximum absolute atomic E-state index is 13.6. The van der Waals surface area contributed by atoms with Crippen molar-refractivity contribution >= 4 is 23.0 Å². The SMILES string of the molecule is COc1ccc(N=C(c2ccccc2)[C@]2(c3ccccc3)[C@H](C)C(=O)N2c2ccc(OC)cc2)cc1. The Bertz CT molecular complexity index is 1370. The molecule has 5 rings (SSSR count). The molecule has 1 aliphatic heterocycles. The maximum Gasteiger partial charge on any atom is 0.234 e. The van der Waals surface area contributed by atoms with Gasteiger partial charge >= 0.3 is 0 Å². The number of hydrogen-bond acceptors (Lipinski definition) is 4. The van der Waals surface area contributed by atoms with Crippen LogP contribution in [0.25, 0.3) is 0 Å². The number of benzene rings is 4. The highest BCUT2D eigenvalue weighted by Crippen LogP contribution is 2.51. The Morgan fingerprint density at radius 1 is 0.750 bits per heavy atom. The zero-order chi connectivity index (χ0) is 25.1. The molecule has 180 valence electrons. The van der Waals surface area contributed by atoms with Gasteiger partial charge in [0, 0.05) is 5.69 Å². The topological polar surface area (TPSA) is 51.1 Å². The highest BCUT2D eigenvalue weighted by molar-refractivity contribution is 6.22. The lowest BCUT2D eigenvalue weighted by Crippen LogP contribution is -2.72. The van der Waals surface area contributed by atoms with Crippen molar-refractivity contribution in [2.75, 3.05) is 19.1 Å². The summed E-state index contributed by atoms with van der Waals surface area (Å²) in [7, 11) is 3.28. The van der Waals surface area contributed by atoms with Gasteiger partial charge in [-0.2, -0.15) is 0 Å². The van der Waals surface area contributed by atoms with E-state index in [2.05, 4.69) is 24.3 Å². The van der Waals surface area contributed by atoms with E-state index in [1.807, 2.05) is 96.8 Å². The van der Waals surface area contributed by atoms with Crippen LogP contribution in [0, 0.1) is 5.92 Å². The number of rotatable bonds is 7. The van der Waals surface area contributed by atoms with E-state index in [-0.39, 0.29) is 11.8 Å². The molecule has 4 aromatic rings. The molecule has 5 nitrogen and oxygen atoms in total. The molecule has 36 heavy (non-hydrogen) atoms. The van der Waals surface area contributed by atoms with Gasteiger partial charge in [-0.3, -0.25) is 9.69 Å². The molecule has 1 aliphatic rings. The molecule has 5 heteroatoms. The smallest absolute Gasteiger partial charge is 0.234 e. The van der Waals surface area contributed by atoms with Gasteiger partial charge < -0.3 is 9.47 Å². The summed E-state index contributed by atoms with van der Waals surface area (Å²) < 4.78 is 10.7. The number of carbonyl (C=O) groups is 1. The zero-order valence-corrected chi connectivity index (χ0v) is 20.6. The molecule has 0 aliphatic carbocycles. The fourth-order valence-electron chi connectivity index (χ4n) is 5.01. The predicted octanol–water partition coefficient (Wildman–Crippen LogP) is 6.40. The largest absolute Gasteiger partial charge is 0.497 e. The first-order valence-corrected chi connectivity index (χ1v) is 11.9. The van der Waals surface area contributed by atoms with Gasteiger partial charge in [-0.25, -0.2) is 4.99 Å². The van der Waals surface area contributed by atoms with Gasteiger partial charge in [-0.05, 0) is 59.7 Å². The maximum atomic E-state index is 13.6. The minimum Gasteiger partial charge on any atom is -0.497 e. The number of anilines is 1. The summed E-state index contributed by atoms with van der Waals surface area (Å²) in [4.78, 5) is 20.7. The molecule has 4 aromatic carbocycles. The summed E-state index contributed by atoms with van der Waals surface area (Å²) >= 11 is 0. The lowest BCUT2D eigenvalue weighted by molar-refractivity contribution is -0.131. The molecule has 1 saturated heterocycles. The molecule has 0 aromatic heterocycles. The molecule has 2 atom stereocenters. The Morgan fingerprint density at radius 2 is 1.28 bits per heavy atom. The van der Waals surface area contributed by atoms with Crippen LogP contribution in [-0.4, -0.2) is 25.8 Å². The van der Waals surface area contributed by atoms with Crippen molar-refractivity contribution in [3.8, 4) is 11.5 Å². The molecular formula is C31H28N2O3. The van der Waals surface area contributed by atoms with Gasteiger partial charge in [0.2, 0.25) is 5.91 Å². The molecule has 0 bridgehead atoms. The van der Waals surface area contributed by atoms with Crippen molar-refractivity contribution in [2.24, 2.45) is 10.9 Å². The average molecular weight is 477 g/mol. The Morgan fingerprint density at radius 3 is 1.83 bits per heavy atom. The summed E-state index contributed by atoms with van der Waals surface area (Å²) in [5, 5.41) is 0. The Balaban J connectivity index is 1.78. The zero-order valence-electron chi connectivity index (χ0n) is 20.6. The summed E-state index contributed by atoms with van der Waals surface area (Å²) in [5.74, 6) is 1.21. The van der Waals surface area contributed by atoms with Crippen LogP contribution in [0.15, 0.2) is 114 Å².